The van der Waals surface area contributed by atoms with E-state index in [1.165, 1.54) is 7.11 Å². The number of aromatic hydroxyl groups is 2. The molecular weight excluding hydrogens is 624 g/mol. The van der Waals surface area contributed by atoms with Gasteiger partial charge in [-0.05, 0) is 55.4 Å². The average Bonchev–Trinajstić information content (AvgIpc) is 3.78. The van der Waals surface area contributed by atoms with Crippen LogP contribution in [0.3, 0.4) is 0 Å². The first-order chi connectivity index (χ1) is 23.6. The summed E-state index contributed by atoms with van der Waals surface area (Å²) in [5, 5.41) is 23.9. The van der Waals surface area contributed by atoms with Gasteiger partial charge in [0.2, 0.25) is 11.8 Å². The smallest absolute Gasteiger partial charge is 0.308 e. The summed E-state index contributed by atoms with van der Waals surface area (Å²) in [6, 6.07) is 6.95. The fraction of sp³-hybridized carbons (Fsp3) is 0.500. The van der Waals surface area contributed by atoms with Crippen LogP contribution in [0.1, 0.15) is 75.0 Å². The number of benzene rings is 2. The van der Waals surface area contributed by atoms with Gasteiger partial charge >= 0.3 is 5.97 Å². The van der Waals surface area contributed by atoms with Crippen molar-refractivity contribution in [2.45, 2.75) is 80.9 Å². The van der Waals surface area contributed by atoms with Gasteiger partial charge in [-0.15, -0.1) is 0 Å². The number of piperidine rings is 1. The topological polar surface area (TPSA) is 123 Å². The maximum atomic E-state index is 14.1. The number of rotatable bonds is 3. The van der Waals surface area contributed by atoms with Crippen LogP contribution >= 0.6 is 0 Å². The number of phenolic OH excluding ortho intramolecular Hbond substituents is 2. The van der Waals surface area contributed by atoms with Gasteiger partial charge in [-0.3, -0.25) is 24.2 Å². The van der Waals surface area contributed by atoms with Crippen molar-refractivity contribution >= 4 is 29.2 Å². The lowest BCUT2D eigenvalue weighted by atomic mass is 9.53. The summed E-state index contributed by atoms with van der Waals surface area (Å²) >= 11 is 0. The summed E-state index contributed by atoms with van der Waals surface area (Å²) < 4.78 is 12.9. The Balaban J connectivity index is 1.34. The molecule has 11 nitrogen and oxygen atoms in total. The first-order valence-corrected chi connectivity index (χ1v) is 17.7. The molecule has 0 saturated carbocycles. The van der Waals surface area contributed by atoms with Crippen LogP contribution in [0.2, 0.25) is 0 Å². The average molecular weight is 665 g/mol. The molecule has 254 valence electrons. The van der Waals surface area contributed by atoms with Gasteiger partial charge in [0, 0.05) is 50.8 Å². The van der Waals surface area contributed by atoms with Gasteiger partial charge in [0.05, 0.1) is 52.9 Å². The first-order valence-electron chi connectivity index (χ1n) is 17.7. The molecule has 10 rings (SSSR count). The van der Waals surface area contributed by atoms with E-state index in [-0.39, 0.29) is 47.9 Å². The Bertz CT molecular complexity index is 2010. The lowest BCUT2D eigenvalue weighted by Crippen LogP contribution is -2.71. The van der Waals surface area contributed by atoms with E-state index in [2.05, 4.69) is 28.0 Å². The van der Waals surface area contributed by atoms with Crippen LogP contribution in [-0.4, -0.2) is 83.4 Å². The Labute approximate surface area is 284 Å². The van der Waals surface area contributed by atoms with Gasteiger partial charge in [-0.25, -0.2) is 0 Å². The van der Waals surface area contributed by atoms with Crippen LogP contribution in [0.4, 0.5) is 11.4 Å². The number of phenols is 2. The predicted molar refractivity (Wildman–Crippen MR) is 178 cm³/mol. The van der Waals surface area contributed by atoms with Crippen LogP contribution in [0.5, 0.6) is 17.2 Å². The van der Waals surface area contributed by atoms with Crippen molar-refractivity contribution in [2.24, 2.45) is 5.41 Å². The highest BCUT2D eigenvalue weighted by atomic mass is 16.6. The zero-order valence-corrected chi connectivity index (χ0v) is 28.0. The Morgan fingerprint density at radius 3 is 2.67 bits per heavy atom. The maximum Gasteiger partial charge on any atom is 0.308 e. The monoisotopic (exact) mass is 664 g/mol. The molecule has 8 aliphatic rings. The summed E-state index contributed by atoms with van der Waals surface area (Å²) in [6.45, 7) is 3.97. The zero-order valence-electron chi connectivity index (χ0n) is 28.0. The van der Waals surface area contributed by atoms with Gasteiger partial charge in [-0.1, -0.05) is 31.2 Å². The van der Waals surface area contributed by atoms with Crippen molar-refractivity contribution in [1.29, 1.82) is 0 Å². The highest BCUT2D eigenvalue weighted by molar-refractivity contribution is 6.06. The van der Waals surface area contributed by atoms with E-state index in [9.17, 15) is 24.6 Å². The molecule has 7 heterocycles. The molecule has 2 N–H and O–H groups in total. The number of para-hydroxylation sites is 1. The quantitative estimate of drug-likeness (QED) is 0.368. The normalized spacial score (nSPS) is 34.8. The largest absolute Gasteiger partial charge is 0.506 e. The Morgan fingerprint density at radius 1 is 1.04 bits per heavy atom. The van der Waals surface area contributed by atoms with Crippen LogP contribution in [0.15, 0.2) is 47.8 Å². The van der Waals surface area contributed by atoms with Crippen LogP contribution in [-0.2, 0) is 30.0 Å². The van der Waals surface area contributed by atoms with Crippen molar-refractivity contribution in [3.05, 3.63) is 64.5 Å². The molecule has 7 aliphatic heterocycles. The third-order valence-corrected chi connectivity index (χ3v) is 13.5. The molecule has 2 aromatic rings. The van der Waals surface area contributed by atoms with Crippen molar-refractivity contribution in [2.75, 3.05) is 43.6 Å². The number of fused-ring (bicyclic) bond motifs is 4. The van der Waals surface area contributed by atoms with E-state index in [0.717, 1.165) is 41.9 Å². The number of anilines is 2. The molecule has 3 fully saturated rings. The minimum atomic E-state index is -1.00. The highest BCUT2D eigenvalue weighted by Gasteiger charge is 2.81. The molecule has 3 saturated heterocycles. The van der Waals surface area contributed by atoms with Crippen LogP contribution in [0, 0.1) is 5.41 Å². The van der Waals surface area contributed by atoms with Gasteiger partial charge in [0.15, 0.2) is 17.2 Å². The first kappa shape index (κ1) is 29.4. The Kier molecular flexibility index (Phi) is 5.51. The molecule has 0 radical (unpaired) electrons. The van der Waals surface area contributed by atoms with Crippen molar-refractivity contribution in [1.82, 2.24) is 9.80 Å². The lowest BCUT2D eigenvalue weighted by Gasteiger charge is -2.59. The molecule has 0 bridgehead atoms. The number of hydrogen-bond donors (Lipinski definition) is 2. The second-order valence-electron chi connectivity index (χ2n) is 15.2. The van der Waals surface area contributed by atoms with E-state index in [4.69, 9.17) is 9.47 Å². The van der Waals surface area contributed by atoms with Crippen molar-refractivity contribution < 1.29 is 34.1 Å². The number of carbonyl (C=O) groups excluding carboxylic acids is 3. The van der Waals surface area contributed by atoms with Crippen molar-refractivity contribution in [3.8, 4) is 17.2 Å². The number of ether oxygens (including phenoxy) is 2. The second kappa shape index (κ2) is 9.18. The lowest BCUT2D eigenvalue weighted by molar-refractivity contribution is -0.207. The van der Waals surface area contributed by atoms with E-state index >= 15 is 0 Å². The molecule has 1 aliphatic carbocycles. The van der Waals surface area contributed by atoms with Gasteiger partial charge in [-0.2, -0.15) is 0 Å². The van der Waals surface area contributed by atoms with Gasteiger partial charge in [0.25, 0.3) is 0 Å². The fourth-order valence-electron chi connectivity index (χ4n) is 11.9. The summed E-state index contributed by atoms with van der Waals surface area (Å²) in [4.78, 5) is 49.5. The summed E-state index contributed by atoms with van der Waals surface area (Å²) in [7, 11) is 3.55. The Hall–Kier alpha value is -4.51. The fourth-order valence-corrected chi connectivity index (χ4v) is 11.9. The summed E-state index contributed by atoms with van der Waals surface area (Å²) in [6.07, 6.45) is 8.58. The number of carbonyl (C=O) groups is 3. The molecular formula is C38H40N4O7. The molecule has 5 atom stereocenters. The van der Waals surface area contributed by atoms with E-state index in [1.807, 2.05) is 20.0 Å². The third kappa shape index (κ3) is 2.94. The third-order valence-electron chi connectivity index (χ3n) is 13.5. The van der Waals surface area contributed by atoms with E-state index in [0.29, 0.717) is 55.7 Å². The zero-order chi connectivity index (χ0) is 33.8. The van der Waals surface area contributed by atoms with Crippen LogP contribution in [0.25, 0.3) is 0 Å². The molecule has 2 amide bonds. The van der Waals surface area contributed by atoms with Crippen molar-refractivity contribution in [3.63, 3.8) is 0 Å². The van der Waals surface area contributed by atoms with Crippen LogP contribution < -0.4 is 14.5 Å². The van der Waals surface area contributed by atoms with Gasteiger partial charge < -0.3 is 29.5 Å². The number of methoxy groups -OCH3 is 1. The summed E-state index contributed by atoms with van der Waals surface area (Å²) in [5.74, 6) is -0.322. The molecule has 11 heteroatoms. The van der Waals surface area contributed by atoms with E-state index < -0.39 is 28.0 Å². The Morgan fingerprint density at radius 2 is 1.88 bits per heavy atom. The SMILES string of the molecule is CCC(=O)N1c2c(cc(C34CCN(C)C5=C3N(C(=O)CC5)c3c(O)cccc34)c(O)c2OC)[C@]23CCN4CCC[C@@]5(C=C[C@@H]12)CC(=O)O[C@@]453. The number of hydrogen-bond acceptors (Lipinski definition) is 9. The number of amides is 2. The molecule has 2 aromatic carbocycles. The standard InChI is InChI=1S/C38H40N4O7/c1-4-27(44)41-26-11-13-35-12-6-16-40-18-15-37(26,38(35,40)49-29(46)20-35)22-19-23(32(47)33(48-3)31(22)41)36-14-17-39(2)24-9-10-28(45)42(34(24)36)30-21(36)7-5-8-25(30)43/h5,7-8,11,13,19,26,43,47H,4,6,9-10,12,14-18,20H2,1-3H3/t26-,35-,36?,37-,38+/m1/s1. The minimum absolute atomic E-state index is 0.00890. The number of nitrogens with zero attached hydrogens (tertiary/aromatic N) is 4. The maximum absolute atomic E-state index is 14.1. The second-order valence-corrected chi connectivity index (χ2v) is 15.2. The highest BCUT2D eigenvalue weighted by Crippen LogP contribution is 2.74. The molecule has 0 aromatic heterocycles. The number of allylic oxidation sites excluding steroid dienone is 2. The molecule has 49 heavy (non-hydrogen) atoms. The molecule has 2 spiro atoms. The van der Waals surface area contributed by atoms with Gasteiger partial charge in [0.1, 0.15) is 5.75 Å². The summed E-state index contributed by atoms with van der Waals surface area (Å²) in [5.41, 5.74) is 1.51. The molecule has 1 unspecified atom stereocenters. The minimum Gasteiger partial charge on any atom is -0.506 e. The predicted octanol–water partition coefficient (Wildman–Crippen LogP) is 4.14. The number of esters is 1. The van der Waals surface area contributed by atoms with E-state index in [1.54, 1.807) is 21.9 Å².